The molecule has 184 valence electrons. The van der Waals surface area contributed by atoms with E-state index in [0.29, 0.717) is 0 Å². The SMILES string of the molecule is Cc1cnc(-c2ccccc2)cc1-c1c(-c2ccccc2)c2sc3ccccc3c2c2c1sc1ccccc12. The van der Waals surface area contributed by atoms with Crippen LogP contribution in [0.4, 0.5) is 0 Å². The van der Waals surface area contributed by atoms with Crippen molar-refractivity contribution in [2.75, 3.05) is 0 Å². The Morgan fingerprint density at radius 2 is 1.05 bits per heavy atom. The Hall–Kier alpha value is -4.31. The molecule has 1 nitrogen and oxygen atoms in total. The fourth-order valence-corrected chi connectivity index (χ4v) is 8.42. The number of thiophene rings is 2. The lowest BCUT2D eigenvalue weighted by Crippen LogP contribution is -1.93. The van der Waals surface area contributed by atoms with Crippen LogP contribution in [0.2, 0.25) is 0 Å². The van der Waals surface area contributed by atoms with Gasteiger partial charge in [-0.05, 0) is 41.8 Å². The van der Waals surface area contributed by atoms with E-state index in [4.69, 9.17) is 4.98 Å². The molecule has 0 radical (unpaired) electrons. The summed E-state index contributed by atoms with van der Waals surface area (Å²) in [6.07, 6.45) is 2.04. The van der Waals surface area contributed by atoms with Gasteiger partial charge in [0.15, 0.2) is 0 Å². The third kappa shape index (κ3) is 3.47. The second-order valence-corrected chi connectivity index (χ2v) is 12.1. The number of nitrogens with zero attached hydrogens (tertiary/aromatic N) is 1. The van der Waals surface area contributed by atoms with Gasteiger partial charge in [0.25, 0.3) is 0 Å². The average Bonchev–Trinajstić information content (AvgIpc) is 3.56. The van der Waals surface area contributed by atoms with Crippen molar-refractivity contribution in [3.8, 4) is 33.5 Å². The number of hydrogen-bond acceptors (Lipinski definition) is 3. The van der Waals surface area contributed by atoms with Gasteiger partial charge in [-0.3, -0.25) is 4.98 Å². The second kappa shape index (κ2) is 8.88. The van der Waals surface area contributed by atoms with Gasteiger partial charge in [-0.15, -0.1) is 22.7 Å². The molecule has 0 saturated heterocycles. The molecule has 39 heavy (non-hydrogen) atoms. The molecule has 0 N–H and O–H groups in total. The number of fused-ring (bicyclic) bond motifs is 7. The summed E-state index contributed by atoms with van der Waals surface area (Å²) in [5.41, 5.74) is 8.45. The van der Waals surface area contributed by atoms with Crippen LogP contribution in [-0.2, 0) is 0 Å². The molecule has 0 saturated carbocycles. The lowest BCUT2D eigenvalue weighted by molar-refractivity contribution is 1.27. The fourth-order valence-electron chi connectivity index (χ4n) is 5.86. The third-order valence-electron chi connectivity index (χ3n) is 7.65. The summed E-state index contributed by atoms with van der Waals surface area (Å²) in [5.74, 6) is 0. The molecule has 0 aliphatic heterocycles. The zero-order valence-electron chi connectivity index (χ0n) is 21.3. The minimum Gasteiger partial charge on any atom is -0.256 e. The van der Waals surface area contributed by atoms with Crippen LogP contribution in [0.3, 0.4) is 0 Å². The summed E-state index contributed by atoms with van der Waals surface area (Å²) in [4.78, 5) is 4.86. The maximum atomic E-state index is 4.86. The van der Waals surface area contributed by atoms with Gasteiger partial charge >= 0.3 is 0 Å². The first-order chi connectivity index (χ1) is 19.3. The number of hydrogen-bond donors (Lipinski definition) is 0. The van der Waals surface area contributed by atoms with Gasteiger partial charge in [0.1, 0.15) is 0 Å². The molecule has 5 aromatic carbocycles. The number of benzene rings is 5. The first kappa shape index (κ1) is 22.7. The van der Waals surface area contributed by atoms with Crippen LogP contribution in [-0.4, -0.2) is 4.98 Å². The average molecular weight is 534 g/mol. The molecule has 0 unspecified atom stereocenters. The van der Waals surface area contributed by atoms with E-state index in [1.165, 1.54) is 68.2 Å². The van der Waals surface area contributed by atoms with Crippen molar-refractivity contribution in [1.82, 2.24) is 4.98 Å². The van der Waals surface area contributed by atoms with Gasteiger partial charge in [0.2, 0.25) is 0 Å². The van der Waals surface area contributed by atoms with Gasteiger partial charge in [0.05, 0.1) is 5.69 Å². The molecule has 0 amide bonds. The normalized spacial score (nSPS) is 11.7. The van der Waals surface area contributed by atoms with E-state index >= 15 is 0 Å². The monoisotopic (exact) mass is 533 g/mol. The van der Waals surface area contributed by atoms with Crippen LogP contribution in [0.25, 0.3) is 73.9 Å². The minimum atomic E-state index is 1.00. The van der Waals surface area contributed by atoms with Gasteiger partial charge in [-0.2, -0.15) is 0 Å². The van der Waals surface area contributed by atoms with Crippen molar-refractivity contribution in [2.24, 2.45) is 0 Å². The van der Waals surface area contributed by atoms with Crippen molar-refractivity contribution in [3.05, 3.63) is 127 Å². The molecule has 0 bridgehead atoms. The smallest absolute Gasteiger partial charge is 0.0708 e. The second-order valence-electron chi connectivity index (χ2n) is 9.97. The summed E-state index contributed by atoms with van der Waals surface area (Å²) in [5, 5.41) is 5.42. The van der Waals surface area contributed by atoms with Crippen LogP contribution in [0.5, 0.6) is 0 Å². The maximum Gasteiger partial charge on any atom is 0.0708 e. The highest BCUT2D eigenvalue weighted by Crippen LogP contribution is 2.54. The van der Waals surface area contributed by atoms with Crippen LogP contribution >= 0.6 is 22.7 Å². The molecule has 8 aromatic rings. The topological polar surface area (TPSA) is 12.9 Å². The summed E-state index contributed by atoms with van der Waals surface area (Å²) in [7, 11) is 0. The first-order valence-corrected chi connectivity index (χ1v) is 14.8. The van der Waals surface area contributed by atoms with Gasteiger partial charge in [0, 0.05) is 63.2 Å². The predicted octanol–water partition coefficient (Wildman–Crippen LogP) is 11.1. The zero-order valence-corrected chi connectivity index (χ0v) is 22.9. The van der Waals surface area contributed by atoms with Crippen molar-refractivity contribution in [2.45, 2.75) is 6.92 Å². The van der Waals surface area contributed by atoms with Gasteiger partial charge < -0.3 is 0 Å². The maximum absolute atomic E-state index is 4.86. The van der Waals surface area contributed by atoms with Crippen molar-refractivity contribution < 1.29 is 0 Å². The molecule has 3 heterocycles. The highest BCUT2D eigenvalue weighted by atomic mass is 32.1. The molecule has 0 atom stereocenters. The lowest BCUT2D eigenvalue weighted by atomic mass is 9.88. The van der Waals surface area contributed by atoms with Crippen LogP contribution in [0.1, 0.15) is 5.56 Å². The van der Waals surface area contributed by atoms with E-state index in [1.807, 2.05) is 28.9 Å². The van der Waals surface area contributed by atoms with Crippen molar-refractivity contribution in [1.29, 1.82) is 0 Å². The summed E-state index contributed by atoms with van der Waals surface area (Å²) >= 11 is 3.83. The molecular weight excluding hydrogens is 511 g/mol. The standard InChI is InChI=1S/C36H23NS2/c1-22-21-37-28(23-12-4-2-5-13-23)20-27(22)34-31(24-14-6-3-7-15-24)35-32(25-16-8-10-18-29(25)38-35)33-26-17-9-11-19-30(26)39-36(33)34/h2-21H,1H3. The van der Waals surface area contributed by atoms with Crippen LogP contribution < -0.4 is 0 Å². The fraction of sp³-hybridized carbons (Fsp3) is 0.0278. The molecule has 0 fully saturated rings. The molecular formula is C36H23NS2. The van der Waals surface area contributed by atoms with Crippen molar-refractivity contribution in [3.63, 3.8) is 0 Å². The van der Waals surface area contributed by atoms with E-state index in [0.717, 1.165) is 11.3 Å². The Labute approximate surface area is 234 Å². The number of pyridine rings is 1. The molecule has 3 heteroatoms. The van der Waals surface area contributed by atoms with E-state index < -0.39 is 0 Å². The van der Waals surface area contributed by atoms with E-state index in [9.17, 15) is 0 Å². The van der Waals surface area contributed by atoms with Crippen LogP contribution in [0, 0.1) is 6.92 Å². The first-order valence-electron chi connectivity index (χ1n) is 13.1. The van der Waals surface area contributed by atoms with E-state index in [-0.39, 0.29) is 0 Å². The molecule has 0 aliphatic carbocycles. The summed E-state index contributed by atoms with van der Waals surface area (Å²) < 4.78 is 5.35. The Morgan fingerprint density at radius 1 is 0.538 bits per heavy atom. The largest absolute Gasteiger partial charge is 0.256 e. The lowest BCUT2D eigenvalue weighted by Gasteiger charge is -2.17. The van der Waals surface area contributed by atoms with Crippen LogP contribution in [0.15, 0.2) is 121 Å². The highest BCUT2D eigenvalue weighted by molar-refractivity contribution is 7.29. The third-order valence-corrected chi connectivity index (χ3v) is 10.0. The quantitative estimate of drug-likeness (QED) is 0.220. The van der Waals surface area contributed by atoms with Gasteiger partial charge in [-0.25, -0.2) is 0 Å². The number of aryl methyl sites for hydroxylation is 1. The van der Waals surface area contributed by atoms with Gasteiger partial charge in [-0.1, -0.05) is 97.1 Å². The summed E-state index contributed by atoms with van der Waals surface area (Å²) in [6, 6.07) is 41.5. The predicted molar refractivity (Wildman–Crippen MR) is 171 cm³/mol. The Morgan fingerprint density at radius 3 is 1.67 bits per heavy atom. The molecule has 3 aromatic heterocycles. The molecule has 0 aliphatic rings. The van der Waals surface area contributed by atoms with E-state index in [1.54, 1.807) is 0 Å². The minimum absolute atomic E-state index is 1.00. The number of aromatic nitrogens is 1. The zero-order chi connectivity index (χ0) is 25.9. The highest BCUT2D eigenvalue weighted by Gasteiger charge is 2.25. The Bertz CT molecular complexity index is 2170. The van der Waals surface area contributed by atoms with Crippen molar-refractivity contribution >= 4 is 63.0 Å². The Balaban J connectivity index is 1.62. The number of rotatable bonds is 3. The molecule has 8 rings (SSSR count). The van der Waals surface area contributed by atoms with E-state index in [2.05, 4.69) is 122 Å². The Kier molecular flexibility index (Phi) is 5.16. The summed E-state index contributed by atoms with van der Waals surface area (Å²) in [6.45, 7) is 2.19. The molecule has 0 spiro atoms.